The summed E-state index contributed by atoms with van der Waals surface area (Å²) in [6, 6.07) is 11.7. The van der Waals surface area contributed by atoms with Gasteiger partial charge in [-0.3, -0.25) is 4.98 Å². The highest BCUT2D eigenvalue weighted by Gasteiger charge is 2.07. The standard InChI is InChI=1S/C13H10BrN5/c14-12-6-2-1-4-11(12)9-19-17-13(16-18-19)10-5-3-7-15-8-10/h1-8H,9H2. The van der Waals surface area contributed by atoms with Gasteiger partial charge in [0.2, 0.25) is 5.82 Å². The third kappa shape index (κ3) is 2.68. The molecule has 6 heteroatoms. The van der Waals surface area contributed by atoms with E-state index in [9.17, 15) is 0 Å². The van der Waals surface area contributed by atoms with E-state index in [1.54, 1.807) is 17.2 Å². The van der Waals surface area contributed by atoms with E-state index < -0.39 is 0 Å². The fourth-order valence-electron chi connectivity index (χ4n) is 1.70. The summed E-state index contributed by atoms with van der Waals surface area (Å²) in [4.78, 5) is 5.62. The lowest BCUT2D eigenvalue weighted by Crippen LogP contribution is -2.04. The Morgan fingerprint density at radius 3 is 2.79 bits per heavy atom. The number of aromatic nitrogens is 5. The van der Waals surface area contributed by atoms with Crippen molar-refractivity contribution >= 4 is 15.9 Å². The average Bonchev–Trinajstić information content (AvgIpc) is 2.91. The van der Waals surface area contributed by atoms with E-state index in [1.165, 1.54) is 0 Å². The maximum absolute atomic E-state index is 4.35. The van der Waals surface area contributed by atoms with Crippen LogP contribution in [0.2, 0.25) is 0 Å². The van der Waals surface area contributed by atoms with Gasteiger partial charge in [-0.1, -0.05) is 34.1 Å². The molecule has 5 nitrogen and oxygen atoms in total. The molecule has 94 valence electrons. The normalized spacial score (nSPS) is 10.6. The lowest BCUT2D eigenvalue weighted by molar-refractivity contribution is 0.571. The van der Waals surface area contributed by atoms with Crippen molar-refractivity contribution in [3.63, 3.8) is 0 Å². The molecule has 0 spiro atoms. The highest BCUT2D eigenvalue weighted by atomic mass is 79.9. The molecule has 3 aromatic rings. The number of hydrogen-bond donors (Lipinski definition) is 0. The summed E-state index contributed by atoms with van der Waals surface area (Å²) in [5.41, 5.74) is 1.97. The minimum atomic E-state index is 0.578. The third-order valence-corrected chi connectivity index (χ3v) is 3.42. The van der Waals surface area contributed by atoms with Crippen molar-refractivity contribution in [1.82, 2.24) is 25.2 Å². The van der Waals surface area contributed by atoms with Crippen LogP contribution < -0.4 is 0 Å². The van der Waals surface area contributed by atoms with Crippen LogP contribution in [0.5, 0.6) is 0 Å². The Balaban J connectivity index is 1.85. The Morgan fingerprint density at radius 1 is 1.11 bits per heavy atom. The molecule has 0 aliphatic heterocycles. The van der Waals surface area contributed by atoms with Crippen molar-refractivity contribution in [2.24, 2.45) is 0 Å². The van der Waals surface area contributed by atoms with E-state index in [-0.39, 0.29) is 0 Å². The zero-order chi connectivity index (χ0) is 13.1. The van der Waals surface area contributed by atoms with E-state index in [1.807, 2.05) is 36.4 Å². The summed E-state index contributed by atoms with van der Waals surface area (Å²) in [6.07, 6.45) is 3.44. The van der Waals surface area contributed by atoms with Crippen molar-refractivity contribution in [2.45, 2.75) is 6.54 Å². The molecule has 1 aromatic carbocycles. The molecule has 0 N–H and O–H groups in total. The second-order valence-electron chi connectivity index (χ2n) is 3.98. The summed E-state index contributed by atoms with van der Waals surface area (Å²) < 4.78 is 1.04. The fraction of sp³-hybridized carbons (Fsp3) is 0.0769. The van der Waals surface area contributed by atoms with Gasteiger partial charge in [0.25, 0.3) is 0 Å². The zero-order valence-corrected chi connectivity index (χ0v) is 11.5. The van der Waals surface area contributed by atoms with Crippen LogP contribution in [0.15, 0.2) is 53.3 Å². The van der Waals surface area contributed by atoms with E-state index in [0.717, 1.165) is 15.6 Å². The van der Waals surface area contributed by atoms with Crippen molar-refractivity contribution in [1.29, 1.82) is 0 Å². The maximum Gasteiger partial charge on any atom is 0.206 e. The van der Waals surface area contributed by atoms with Crippen LogP contribution in [-0.2, 0) is 6.54 Å². The predicted molar refractivity (Wildman–Crippen MR) is 74.3 cm³/mol. The van der Waals surface area contributed by atoms with Gasteiger partial charge in [0.1, 0.15) is 0 Å². The zero-order valence-electron chi connectivity index (χ0n) is 9.94. The molecular weight excluding hydrogens is 306 g/mol. The topological polar surface area (TPSA) is 56.5 Å². The molecule has 0 aliphatic rings. The van der Waals surface area contributed by atoms with Crippen molar-refractivity contribution in [3.05, 3.63) is 58.8 Å². The predicted octanol–water partition coefficient (Wildman–Crippen LogP) is 2.55. The van der Waals surface area contributed by atoms with Gasteiger partial charge in [-0.2, -0.15) is 4.80 Å². The van der Waals surface area contributed by atoms with Crippen LogP contribution in [0, 0.1) is 0 Å². The first-order valence-electron chi connectivity index (χ1n) is 5.74. The fourth-order valence-corrected chi connectivity index (χ4v) is 2.11. The largest absolute Gasteiger partial charge is 0.264 e. The Bertz CT molecular complexity index is 680. The molecule has 0 radical (unpaired) electrons. The minimum Gasteiger partial charge on any atom is -0.264 e. The Kier molecular flexibility index (Phi) is 3.33. The molecule has 0 bridgehead atoms. The lowest BCUT2D eigenvalue weighted by atomic mass is 10.2. The minimum absolute atomic E-state index is 0.578. The molecule has 3 rings (SSSR count). The molecule has 0 saturated heterocycles. The number of rotatable bonds is 3. The first kappa shape index (κ1) is 12.0. The van der Waals surface area contributed by atoms with Crippen LogP contribution in [-0.4, -0.2) is 25.2 Å². The Hall–Kier alpha value is -2.08. The molecule has 0 unspecified atom stereocenters. The van der Waals surface area contributed by atoms with Crippen LogP contribution in [0.25, 0.3) is 11.4 Å². The average molecular weight is 316 g/mol. The van der Waals surface area contributed by atoms with Gasteiger partial charge >= 0.3 is 0 Å². The molecule has 2 heterocycles. The number of benzene rings is 1. The smallest absolute Gasteiger partial charge is 0.206 e. The van der Waals surface area contributed by atoms with Crippen LogP contribution in [0.4, 0.5) is 0 Å². The van der Waals surface area contributed by atoms with Crippen LogP contribution in [0.1, 0.15) is 5.56 Å². The maximum atomic E-state index is 4.35. The molecule has 19 heavy (non-hydrogen) atoms. The Morgan fingerprint density at radius 2 is 2.00 bits per heavy atom. The van der Waals surface area contributed by atoms with E-state index >= 15 is 0 Å². The molecule has 0 saturated carbocycles. The van der Waals surface area contributed by atoms with Crippen LogP contribution in [0.3, 0.4) is 0 Å². The van der Waals surface area contributed by atoms with E-state index in [0.29, 0.717) is 12.4 Å². The molecule has 2 aromatic heterocycles. The molecule has 0 amide bonds. The van der Waals surface area contributed by atoms with Crippen LogP contribution >= 0.6 is 15.9 Å². The van der Waals surface area contributed by atoms with Gasteiger partial charge in [0.05, 0.1) is 6.54 Å². The Labute approximate surface area is 118 Å². The van der Waals surface area contributed by atoms with Gasteiger partial charge in [0.15, 0.2) is 0 Å². The highest BCUT2D eigenvalue weighted by Crippen LogP contribution is 2.17. The molecule has 0 aliphatic carbocycles. The van der Waals surface area contributed by atoms with Crippen molar-refractivity contribution in [2.75, 3.05) is 0 Å². The second-order valence-corrected chi connectivity index (χ2v) is 4.83. The number of nitrogens with zero attached hydrogens (tertiary/aromatic N) is 5. The van der Waals surface area contributed by atoms with Crippen molar-refractivity contribution in [3.8, 4) is 11.4 Å². The third-order valence-electron chi connectivity index (χ3n) is 2.64. The summed E-state index contributed by atoms with van der Waals surface area (Å²) in [5.74, 6) is 0.583. The highest BCUT2D eigenvalue weighted by molar-refractivity contribution is 9.10. The first-order valence-corrected chi connectivity index (χ1v) is 6.54. The van der Waals surface area contributed by atoms with E-state index in [4.69, 9.17) is 0 Å². The van der Waals surface area contributed by atoms with Gasteiger partial charge in [-0.05, 0) is 29.0 Å². The number of hydrogen-bond acceptors (Lipinski definition) is 4. The van der Waals surface area contributed by atoms with Crippen molar-refractivity contribution < 1.29 is 0 Å². The van der Waals surface area contributed by atoms with Gasteiger partial charge in [0, 0.05) is 22.4 Å². The molecular formula is C13H10BrN5. The molecule has 0 fully saturated rings. The van der Waals surface area contributed by atoms with Gasteiger partial charge < -0.3 is 0 Å². The van der Waals surface area contributed by atoms with E-state index in [2.05, 4.69) is 36.3 Å². The lowest BCUT2D eigenvalue weighted by Gasteiger charge is -2.01. The summed E-state index contributed by atoms with van der Waals surface area (Å²) in [5, 5.41) is 12.4. The monoisotopic (exact) mass is 315 g/mol. The summed E-state index contributed by atoms with van der Waals surface area (Å²) in [6.45, 7) is 0.578. The van der Waals surface area contributed by atoms with Gasteiger partial charge in [-0.25, -0.2) is 0 Å². The SMILES string of the molecule is Brc1ccccc1Cn1nnc(-c2cccnc2)n1. The summed E-state index contributed by atoms with van der Waals surface area (Å²) in [7, 11) is 0. The number of tetrazole rings is 1. The number of pyridine rings is 1. The summed E-state index contributed by atoms with van der Waals surface area (Å²) >= 11 is 3.51. The molecule has 0 atom stereocenters. The number of halogens is 1. The quantitative estimate of drug-likeness (QED) is 0.745. The first-order chi connectivity index (χ1) is 9.33. The second kappa shape index (κ2) is 5.27. The van der Waals surface area contributed by atoms with Gasteiger partial charge in [-0.15, -0.1) is 10.2 Å².